The molecule has 0 aliphatic carbocycles. The van der Waals surface area contributed by atoms with E-state index in [4.69, 9.17) is 14.5 Å². The Kier molecular flexibility index (Phi) is 8.30. The number of amides is 2. The van der Waals surface area contributed by atoms with E-state index >= 15 is 0 Å². The fraction of sp³-hybridized carbons (Fsp3) is 0.484. The molecule has 0 unspecified atom stereocenters. The van der Waals surface area contributed by atoms with Gasteiger partial charge in [0.1, 0.15) is 23.7 Å². The van der Waals surface area contributed by atoms with Crippen molar-refractivity contribution in [3.05, 3.63) is 54.2 Å². The number of likely N-dealkylation sites (N-methyl/N-ethyl adjacent to an activating group) is 1. The third-order valence-corrected chi connectivity index (χ3v) is 7.68. The first kappa shape index (κ1) is 28.6. The van der Waals surface area contributed by atoms with Gasteiger partial charge in [0.25, 0.3) is 5.91 Å². The highest BCUT2D eigenvalue weighted by molar-refractivity contribution is 6.09. The minimum Gasteiger partial charge on any atom is -0.462 e. The van der Waals surface area contributed by atoms with E-state index < -0.39 is 5.60 Å². The largest absolute Gasteiger partial charge is 0.462 e. The predicted octanol–water partition coefficient (Wildman–Crippen LogP) is 4.44. The standard InChI is InChI=1S/C31H40N6O4/c1-31(2,3)41-30(39)37-18-16-36(17-19-37)27-20-25(32-29(33-27)40-21-23-12-9-15-34(23)4)28(38)35(5)26-14-8-11-22-10-6-7-13-24(22)26/h6-8,10-11,13-14,20,23H,9,12,15-19,21H2,1-5H3/t23-/m0/s1. The Labute approximate surface area is 241 Å². The fourth-order valence-electron chi connectivity index (χ4n) is 5.34. The molecule has 0 spiro atoms. The quantitative estimate of drug-likeness (QED) is 0.437. The molecule has 2 aliphatic heterocycles. The van der Waals surface area contributed by atoms with Gasteiger partial charge in [-0.3, -0.25) is 4.79 Å². The van der Waals surface area contributed by atoms with Gasteiger partial charge in [-0.05, 0) is 58.7 Å². The molecule has 41 heavy (non-hydrogen) atoms. The molecule has 2 saturated heterocycles. The molecule has 3 heterocycles. The van der Waals surface area contributed by atoms with Gasteiger partial charge in [0, 0.05) is 50.7 Å². The van der Waals surface area contributed by atoms with Crippen molar-refractivity contribution in [3.63, 3.8) is 0 Å². The highest BCUT2D eigenvalue weighted by Crippen LogP contribution is 2.28. The Bertz CT molecular complexity index is 1390. The van der Waals surface area contributed by atoms with Crippen molar-refractivity contribution in [1.82, 2.24) is 19.8 Å². The molecular weight excluding hydrogens is 520 g/mol. The normalized spacial score (nSPS) is 18.0. The first-order valence-electron chi connectivity index (χ1n) is 14.3. The molecule has 0 saturated carbocycles. The van der Waals surface area contributed by atoms with Crippen LogP contribution in [0, 0.1) is 0 Å². The second kappa shape index (κ2) is 11.9. The number of piperazine rings is 1. The lowest BCUT2D eigenvalue weighted by molar-refractivity contribution is 0.0240. The molecule has 2 fully saturated rings. The lowest BCUT2D eigenvalue weighted by atomic mass is 10.1. The van der Waals surface area contributed by atoms with Crippen molar-refractivity contribution in [2.75, 3.05) is 63.2 Å². The number of carbonyl (C=O) groups excluding carboxylic acids is 2. The maximum absolute atomic E-state index is 13.8. The molecule has 2 aliphatic rings. The Hall–Kier alpha value is -3.92. The van der Waals surface area contributed by atoms with Crippen molar-refractivity contribution in [2.45, 2.75) is 45.3 Å². The minimum atomic E-state index is -0.550. The number of ether oxygens (including phenoxy) is 2. The SMILES string of the molecule is CN(C(=O)c1cc(N2CCN(C(=O)OC(C)(C)C)CC2)nc(OC[C@@H]2CCCN2C)n1)c1cccc2ccccc12. The van der Waals surface area contributed by atoms with E-state index in [-0.39, 0.29) is 29.7 Å². The number of hydrogen-bond acceptors (Lipinski definition) is 8. The summed E-state index contributed by atoms with van der Waals surface area (Å²) in [5.74, 6) is 0.355. The number of fused-ring (bicyclic) bond motifs is 1. The van der Waals surface area contributed by atoms with E-state index in [9.17, 15) is 9.59 Å². The molecule has 0 bridgehead atoms. The van der Waals surface area contributed by atoms with Crippen molar-refractivity contribution in [1.29, 1.82) is 0 Å². The number of carbonyl (C=O) groups is 2. The molecule has 0 radical (unpaired) electrons. The van der Waals surface area contributed by atoms with Crippen LogP contribution in [0.5, 0.6) is 6.01 Å². The summed E-state index contributed by atoms with van der Waals surface area (Å²) in [4.78, 5) is 43.4. The van der Waals surface area contributed by atoms with Crippen molar-refractivity contribution >= 4 is 34.3 Å². The summed E-state index contributed by atoms with van der Waals surface area (Å²) in [6, 6.07) is 16.1. The molecule has 3 aromatic rings. The van der Waals surface area contributed by atoms with E-state index in [1.807, 2.05) is 63.2 Å². The van der Waals surface area contributed by atoms with Crippen LogP contribution in [0.15, 0.2) is 48.5 Å². The summed E-state index contributed by atoms with van der Waals surface area (Å²) < 4.78 is 11.7. The third kappa shape index (κ3) is 6.70. The zero-order valence-electron chi connectivity index (χ0n) is 24.7. The van der Waals surface area contributed by atoms with Crippen molar-refractivity contribution < 1.29 is 19.1 Å². The van der Waals surface area contributed by atoms with Crippen LogP contribution in [0.25, 0.3) is 10.8 Å². The summed E-state index contributed by atoms with van der Waals surface area (Å²) >= 11 is 0. The molecule has 10 heteroatoms. The average Bonchev–Trinajstić information content (AvgIpc) is 3.38. The van der Waals surface area contributed by atoms with Gasteiger partial charge in [0.15, 0.2) is 0 Å². The van der Waals surface area contributed by atoms with Crippen molar-refractivity contribution in [2.24, 2.45) is 0 Å². The number of anilines is 2. The van der Waals surface area contributed by atoms with Gasteiger partial charge in [-0.15, -0.1) is 0 Å². The Morgan fingerprint density at radius 1 is 1.00 bits per heavy atom. The van der Waals surface area contributed by atoms with E-state index in [2.05, 4.69) is 21.8 Å². The van der Waals surface area contributed by atoms with E-state index in [1.165, 1.54) is 0 Å². The maximum atomic E-state index is 13.8. The van der Waals surface area contributed by atoms with E-state index in [0.717, 1.165) is 35.8 Å². The second-order valence-corrected chi connectivity index (χ2v) is 11.8. The van der Waals surface area contributed by atoms with Crippen LogP contribution in [0.4, 0.5) is 16.3 Å². The molecule has 1 aromatic heterocycles. The highest BCUT2D eigenvalue weighted by atomic mass is 16.6. The van der Waals surface area contributed by atoms with Gasteiger partial charge in [0.2, 0.25) is 0 Å². The summed E-state index contributed by atoms with van der Waals surface area (Å²) in [6.45, 7) is 9.15. The molecule has 5 rings (SSSR count). The maximum Gasteiger partial charge on any atom is 0.410 e. The van der Waals surface area contributed by atoms with E-state index in [0.29, 0.717) is 38.6 Å². The van der Waals surface area contributed by atoms with Gasteiger partial charge >= 0.3 is 12.1 Å². The summed E-state index contributed by atoms with van der Waals surface area (Å²) in [6.07, 6.45) is 1.86. The monoisotopic (exact) mass is 560 g/mol. The number of nitrogens with zero attached hydrogens (tertiary/aromatic N) is 6. The average molecular weight is 561 g/mol. The van der Waals surface area contributed by atoms with Gasteiger partial charge in [-0.25, -0.2) is 4.79 Å². The lowest BCUT2D eigenvalue weighted by Gasteiger charge is -2.36. The summed E-state index contributed by atoms with van der Waals surface area (Å²) in [5.41, 5.74) is 0.510. The molecular formula is C31H40N6O4. The number of likely N-dealkylation sites (tertiary alicyclic amines) is 1. The summed E-state index contributed by atoms with van der Waals surface area (Å²) in [7, 11) is 3.86. The Balaban J connectivity index is 1.39. The van der Waals surface area contributed by atoms with Crippen LogP contribution in [0.3, 0.4) is 0 Å². The first-order valence-corrected chi connectivity index (χ1v) is 14.3. The third-order valence-electron chi connectivity index (χ3n) is 7.68. The van der Waals surface area contributed by atoms with Crippen LogP contribution in [0.2, 0.25) is 0 Å². The van der Waals surface area contributed by atoms with E-state index in [1.54, 1.807) is 22.9 Å². The minimum absolute atomic E-state index is 0.187. The second-order valence-electron chi connectivity index (χ2n) is 11.8. The number of benzene rings is 2. The zero-order valence-corrected chi connectivity index (χ0v) is 24.7. The highest BCUT2D eigenvalue weighted by Gasteiger charge is 2.28. The fourth-order valence-corrected chi connectivity index (χ4v) is 5.34. The molecule has 218 valence electrons. The number of hydrogen-bond donors (Lipinski definition) is 0. The van der Waals surface area contributed by atoms with Gasteiger partial charge < -0.3 is 29.1 Å². The van der Waals surface area contributed by atoms with Crippen LogP contribution in [-0.4, -0.2) is 96.8 Å². The van der Waals surface area contributed by atoms with Crippen LogP contribution in [0.1, 0.15) is 44.1 Å². The van der Waals surface area contributed by atoms with Crippen LogP contribution >= 0.6 is 0 Å². The lowest BCUT2D eigenvalue weighted by Crippen LogP contribution is -2.50. The smallest absolute Gasteiger partial charge is 0.410 e. The predicted molar refractivity (Wildman–Crippen MR) is 160 cm³/mol. The zero-order chi connectivity index (χ0) is 29.1. The first-order chi connectivity index (χ1) is 19.6. The molecule has 0 N–H and O–H groups in total. The Morgan fingerprint density at radius 2 is 1.73 bits per heavy atom. The topological polar surface area (TPSA) is 91.3 Å². The summed E-state index contributed by atoms with van der Waals surface area (Å²) in [5, 5.41) is 2.04. The molecule has 10 nitrogen and oxygen atoms in total. The van der Waals surface area contributed by atoms with Gasteiger partial charge in [-0.1, -0.05) is 36.4 Å². The molecule has 2 aromatic carbocycles. The van der Waals surface area contributed by atoms with Crippen LogP contribution < -0.4 is 14.5 Å². The van der Waals surface area contributed by atoms with Crippen LogP contribution in [-0.2, 0) is 4.74 Å². The van der Waals surface area contributed by atoms with Gasteiger partial charge in [0.05, 0.1) is 5.69 Å². The molecule has 2 amide bonds. The number of aromatic nitrogens is 2. The van der Waals surface area contributed by atoms with Gasteiger partial charge in [-0.2, -0.15) is 9.97 Å². The number of rotatable bonds is 6. The van der Waals surface area contributed by atoms with Crippen molar-refractivity contribution in [3.8, 4) is 6.01 Å². The Morgan fingerprint density at radius 3 is 2.44 bits per heavy atom. The molecule has 1 atom stereocenters.